The van der Waals surface area contributed by atoms with Gasteiger partial charge in [0.2, 0.25) is 5.91 Å². The number of carbonyl (C=O) groups excluding carboxylic acids is 1. The molecule has 194 valence electrons. The summed E-state index contributed by atoms with van der Waals surface area (Å²) in [7, 11) is 0. The molecule has 4 atom stereocenters. The third-order valence-corrected chi connectivity index (χ3v) is 10.3. The van der Waals surface area contributed by atoms with Gasteiger partial charge in [0.05, 0.1) is 5.92 Å². The maximum Gasteiger partial charge on any atom is 0.228 e. The number of hydrogen-bond acceptors (Lipinski definition) is 3. The van der Waals surface area contributed by atoms with E-state index in [1.54, 1.807) is 0 Å². The van der Waals surface area contributed by atoms with E-state index in [1.165, 1.54) is 48.8 Å². The number of halogens is 2. The van der Waals surface area contributed by atoms with Gasteiger partial charge in [0.1, 0.15) is 0 Å². The first-order chi connectivity index (χ1) is 17.2. The van der Waals surface area contributed by atoms with Crippen LogP contribution in [0.4, 0.5) is 0 Å². The monoisotopic (exact) mass is 570 g/mol. The summed E-state index contributed by atoms with van der Waals surface area (Å²) in [5.74, 6) is 1.60. The second kappa shape index (κ2) is 11.1. The van der Waals surface area contributed by atoms with Gasteiger partial charge in [-0.3, -0.25) is 4.79 Å². The zero-order valence-corrected chi connectivity index (χ0v) is 23.4. The molecule has 3 heterocycles. The van der Waals surface area contributed by atoms with Crippen molar-refractivity contribution in [2.24, 2.45) is 11.8 Å². The van der Waals surface area contributed by atoms with Crippen LogP contribution in [0.5, 0.6) is 0 Å². The van der Waals surface area contributed by atoms with E-state index in [2.05, 4.69) is 80.0 Å². The molecule has 3 fully saturated rings. The number of likely N-dealkylation sites (tertiary alicyclic amines) is 1. The van der Waals surface area contributed by atoms with Crippen molar-refractivity contribution >= 4 is 21.8 Å². The Kier molecular flexibility index (Phi) is 8.12. The van der Waals surface area contributed by atoms with Crippen molar-refractivity contribution in [3.05, 3.63) is 69.7 Å². The summed E-state index contributed by atoms with van der Waals surface area (Å²) >= 11 is 3.78. The molecular formula is C30H38BrClN3O-. The van der Waals surface area contributed by atoms with Gasteiger partial charge in [0, 0.05) is 48.7 Å². The largest absolute Gasteiger partial charge is 1.00 e. The average Bonchev–Trinajstić information content (AvgIpc) is 3.33. The molecule has 4 nitrogen and oxygen atoms in total. The number of nitrogens with zero attached hydrogens (tertiary/aromatic N) is 1. The lowest BCUT2D eigenvalue weighted by Gasteiger charge is -2.48. The zero-order chi connectivity index (χ0) is 23.8. The van der Waals surface area contributed by atoms with Crippen LogP contribution in [0.3, 0.4) is 0 Å². The highest BCUT2D eigenvalue weighted by Gasteiger charge is 2.52. The molecule has 3 aliphatic heterocycles. The number of carbonyl (C=O) groups is 1. The first-order valence-corrected chi connectivity index (χ1v) is 14.5. The zero-order valence-electron chi connectivity index (χ0n) is 21.0. The number of fused-ring (bicyclic) bond motifs is 2. The fourth-order valence-electron chi connectivity index (χ4n) is 7.73. The fourth-order valence-corrected chi connectivity index (χ4v) is 8.23. The number of benzene rings is 2. The molecule has 36 heavy (non-hydrogen) atoms. The molecule has 6 rings (SSSR count). The third kappa shape index (κ3) is 4.66. The Hall–Kier alpha value is -1.40. The van der Waals surface area contributed by atoms with Gasteiger partial charge in [-0.25, -0.2) is 0 Å². The van der Waals surface area contributed by atoms with E-state index in [0.717, 1.165) is 50.0 Å². The molecule has 2 aromatic carbocycles. The van der Waals surface area contributed by atoms with Crippen LogP contribution >= 0.6 is 15.9 Å². The first-order valence-electron chi connectivity index (χ1n) is 13.7. The standard InChI is InChI=1S/C30H38BrN3O.ClH/c31-27-13-7-12-25-24(27)17-32-19-30(25)20-33-18-26(30)29(35)34-15-14-23(21-8-3-1-4-9-21)16-28(34)22-10-5-2-6-11-22;/h1,3-4,7-9,12-13,22-23,26,28,32-33H,2,5-6,10-11,14-20H2;1H/p-1/t23-,26+,28+,30+;/m1./s1. The predicted octanol–water partition coefficient (Wildman–Crippen LogP) is 2.37. The van der Waals surface area contributed by atoms with E-state index in [0.29, 0.717) is 23.8 Å². The van der Waals surface area contributed by atoms with Gasteiger partial charge in [-0.1, -0.05) is 77.7 Å². The molecule has 1 saturated carbocycles. The highest BCUT2D eigenvalue weighted by Crippen LogP contribution is 2.45. The van der Waals surface area contributed by atoms with Crippen molar-refractivity contribution in [3.63, 3.8) is 0 Å². The minimum atomic E-state index is -0.165. The number of nitrogens with one attached hydrogen (secondary N) is 2. The second-order valence-corrected chi connectivity index (χ2v) is 12.2. The Bertz CT molecular complexity index is 1060. The van der Waals surface area contributed by atoms with E-state index in [-0.39, 0.29) is 23.7 Å². The van der Waals surface area contributed by atoms with Crippen molar-refractivity contribution < 1.29 is 17.2 Å². The summed E-state index contributed by atoms with van der Waals surface area (Å²) in [5, 5.41) is 7.30. The van der Waals surface area contributed by atoms with Crippen LogP contribution in [0.1, 0.15) is 67.6 Å². The normalized spacial score (nSPS) is 30.6. The van der Waals surface area contributed by atoms with E-state index in [9.17, 15) is 4.79 Å². The van der Waals surface area contributed by atoms with Gasteiger partial charge in [0.25, 0.3) is 0 Å². The highest BCUT2D eigenvalue weighted by molar-refractivity contribution is 9.10. The summed E-state index contributed by atoms with van der Waals surface area (Å²) < 4.78 is 1.16. The molecule has 2 saturated heterocycles. The Balaban J connectivity index is 0.00000267. The van der Waals surface area contributed by atoms with Crippen LogP contribution in [0.25, 0.3) is 0 Å². The number of hydrogen-bond donors (Lipinski definition) is 2. The van der Waals surface area contributed by atoms with Gasteiger partial charge < -0.3 is 27.9 Å². The van der Waals surface area contributed by atoms with E-state index < -0.39 is 0 Å². The van der Waals surface area contributed by atoms with E-state index in [4.69, 9.17) is 0 Å². The molecule has 4 aliphatic rings. The van der Waals surface area contributed by atoms with Gasteiger partial charge in [-0.15, -0.1) is 0 Å². The summed E-state index contributed by atoms with van der Waals surface area (Å²) in [5.41, 5.74) is 3.98. The summed E-state index contributed by atoms with van der Waals surface area (Å²) in [6, 6.07) is 18.0. The number of rotatable bonds is 3. The summed E-state index contributed by atoms with van der Waals surface area (Å²) in [4.78, 5) is 16.9. The lowest BCUT2D eigenvalue weighted by atomic mass is 9.68. The molecule has 0 aromatic heterocycles. The quantitative estimate of drug-likeness (QED) is 0.595. The van der Waals surface area contributed by atoms with Crippen LogP contribution in [0.2, 0.25) is 0 Å². The van der Waals surface area contributed by atoms with Gasteiger partial charge in [0.15, 0.2) is 0 Å². The maximum absolute atomic E-state index is 14.5. The molecule has 0 unspecified atom stereocenters. The van der Waals surface area contributed by atoms with Crippen molar-refractivity contribution in [1.29, 1.82) is 0 Å². The number of amides is 1. The van der Waals surface area contributed by atoms with Crippen LogP contribution in [-0.2, 0) is 16.8 Å². The van der Waals surface area contributed by atoms with Crippen molar-refractivity contribution in [1.82, 2.24) is 15.5 Å². The molecule has 2 N–H and O–H groups in total. The average molecular weight is 572 g/mol. The van der Waals surface area contributed by atoms with Crippen molar-refractivity contribution in [3.8, 4) is 0 Å². The molecule has 1 spiro atoms. The fraction of sp³-hybridized carbons (Fsp3) is 0.567. The van der Waals surface area contributed by atoms with Crippen molar-refractivity contribution in [2.75, 3.05) is 26.2 Å². The molecular weight excluding hydrogens is 534 g/mol. The Morgan fingerprint density at radius 1 is 0.944 bits per heavy atom. The Labute approximate surface area is 230 Å². The van der Waals surface area contributed by atoms with E-state index >= 15 is 0 Å². The molecule has 1 amide bonds. The SMILES string of the molecule is O=C([C@@H]1CNC[C@]12CNCc1c(Br)cccc12)N1CC[C@@H](c2ccccc2)C[C@H]1C1CCCCC1.[Cl-]. The first kappa shape index (κ1) is 26.2. The smallest absolute Gasteiger partial charge is 0.228 e. The van der Waals surface area contributed by atoms with E-state index in [1.807, 2.05) is 0 Å². The Morgan fingerprint density at radius 2 is 1.72 bits per heavy atom. The molecule has 2 aromatic rings. The van der Waals surface area contributed by atoms with Crippen LogP contribution in [-0.4, -0.2) is 43.0 Å². The van der Waals surface area contributed by atoms with Crippen LogP contribution < -0.4 is 23.0 Å². The van der Waals surface area contributed by atoms with Crippen LogP contribution in [0.15, 0.2) is 53.0 Å². The van der Waals surface area contributed by atoms with Gasteiger partial charge >= 0.3 is 0 Å². The lowest BCUT2D eigenvalue weighted by Crippen LogP contribution is -3.00. The summed E-state index contributed by atoms with van der Waals surface area (Å²) in [6.07, 6.45) is 8.74. The van der Waals surface area contributed by atoms with Gasteiger partial charge in [-0.05, 0) is 60.3 Å². The molecule has 1 aliphatic carbocycles. The summed E-state index contributed by atoms with van der Waals surface area (Å²) in [6.45, 7) is 4.28. The molecule has 0 bridgehead atoms. The van der Waals surface area contributed by atoms with Gasteiger partial charge in [-0.2, -0.15) is 0 Å². The molecule has 6 heteroatoms. The number of piperidine rings is 1. The van der Waals surface area contributed by atoms with Crippen LogP contribution in [0, 0.1) is 11.8 Å². The minimum absolute atomic E-state index is 0. The third-order valence-electron chi connectivity index (χ3n) is 9.54. The minimum Gasteiger partial charge on any atom is -1.00 e. The lowest BCUT2D eigenvalue weighted by molar-refractivity contribution is -0.142. The van der Waals surface area contributed by atoms with Crippen molar-refractivity contribution in [2.45, 2.75) is 68.9 Å². The Morgan fingerprint density at radius 3 is 2.53 bits per heavy atom. The predicted molar refractivity (Wildman–Crippen MR) is 144 cm³/mol. The second-order valence-electron chi connectivity index (χ2n) is 11.3. The highest BCUT2D eigenvalue weighted by atomic mass is 79.9. The maximum atomic E-state index is 14.5. The molecule has 0 radical (unpaired) electrons. The topological polar surface area (TPSA) is 44.4 Å².